The minimum atomic E-state index is -4.42. The smallest absolute Gasteiger partial charge is 0.314 e. The third kappa shape index (κ3) is 5.22. The van der Waals surface area contributed by atoms with Gasteiger partial charge in [0.25, 0.3) is 0 Å². The first kappa shape index (κ1) is 22.9. The molecule has 1 unspecified atom stereocenters. The number of nitrogens with zero attached hydrogens (tertiary/aromatic N) is 4. The first-order valence-electron chi connectivity index (χ1n) is 10.8. The normalized spacial score (nSPS) is 14.8. The molecule has 0 saturated heterocycles. The minimum Gasteiger partial charge on any atom is -0.314 e. The third-order valence-electron chi connectivity index (χ3n) is 5.90. The second-order valence-corrected chi connectivity index (χ2v) is 8.36. The van der Waals surface area contributed by atoms with E-state index in [1.54, 1.807) is 30.4 Å². The number of carbonyl (C=O) groups excluding carboxylic acids is 1. The molecule has 172 valence electrons. The highest BCUT2D eigenvalue weighted by atomic mass is 19.4. The molecule has 0 radical (unpaired) electrons. The van der Waals surface area contributed by atoms with Gasteiger partial charge in [-0.3, -0.25) is 9.69 Å². The number of halogens is 3. The van der Waals surface area contributed by atoms with Crippen LogP contribution in [0.2, 0.25) is 0 Å². The van der Waals surface area contributed by atoms with E-state index < -0.39 is 17.8 Å². The highest BCUT2D eigenvalue weighted by Gasteiger charge is 2.40. The molecule has 1 aliphatic carbocycles. The van der Waals surface area contributed by atoms with Gasteiger partial charge in [0.1, 0.15) is 12.4 Å². The van der Waals surface area contributed by atoms with E-state index in [0.29, 0.717) is 11.1 Å². The number of carbonyl (C=O) groups is 1. The largest absolute Gasteiger partial charge is 0.416 e. The maximum absolute atomic E-state index is 13.8. The van der Waals surface area contributed by atoms with Crippen molar-refractivity contribution in [2.75, 3.05) is 11.9 Å². The van der Waals surface area contributed by atoms with Crippen molar-refractivity contribution in [3.8, 4) is 0 Å². The highest BCUT2D eigenvalue weighted by molar-refractivity contribution is 5.98. The van der Waals surface area contributed by atoms with E-state index in [9.17, 15) is 18.0 Å². The summed E-state index contributed by atoms with van der Waals surface area (Å²) in [6.45, 7) is 2.14. The number of hydrogen-bond donors (Lipinski definition) is 0. The summed E-state index contributed by atoms with van der Waals surface area (Å²) in [5, 5.41) is 0. The topological polar surface area (TPSA) is 49.3 Å². The van der Waals surface area contributed by atoms with E-state index in [4.69, 9.17) is 0 Å². The molecule has 8 heteroatoms. The summed E-state index contributed by atoms with van der Waals surface area (Å²) in [6.07, 6.45) is 1.93. The fourth-order valence-electron chi connectivity index (χ4n) is 4.06. The Bertz CT molecular complexity index is 1120. The Hall–Kier alpha value is -3.26. The fourth-order valence-corrected chi connectivity index (χ4v) is 4.06. The first-order valence-corrected chi connectivity index (χ1v) is 10.8. The summed E-state index contributed by atoms with van der Waals surface area (Å²) in [5.74, 6) is -0.182. The summed E-state index contributed by atoms with van der Waals surface area (Å²) in [4.78, 5) is 25.6. The van der Waals surface area contributed by atoms with Crippen molar-refractivity contribution in [1.82, 2.24) is 14.9 Å². The van der Waals surface area contributed by atoms with Gasteiger partial charge in [0, 0.05) is 43.3 Å². The zero-order chi connectivity index (χ0) is 23.6. The lowest BCUT2D eigenvalue weighted by Gasteiger charge is -2.34. The van der Waals surface area contributed by atoms with Crippen molar-refractivity contribution in [3.05, 3.63) is 89.5 Å². The van der Waals surface area contributed by atoms with Gasteiger partial charge in [0.05, 0.1) is 5.56 Å². The van der Waals surface area contributed by atoms with Crippen LogP contribution in [0.25, 0.3) is 0 Å². The van der Waals surface area contributed by atoms with Crippen LogP contribution < -0.4 is 4.90 Å². The molecule has 1 fully saturated rings. The van der Waals surface area contributed by atoms with Gasteiger partial charge in [0.2, 0.25) is 5.91 Å². The van der Waals surface area contributed by atoms with Gasteiger partial charge < -0.3 is 4.90 Å². The molecular weight excluding hydrogens is 429 g/mol. The number of aryl methyl sites for hydroxylation is 1. The number of amides is 1. The van der Waals surface area contributed by atoms with Crippen molar-refractivity contribution in [2.45, 2.75) is 44.6 Å². The van der Waals surface area contributed by atoms with Crippen molar-refractivity contribution in [1.29, 1.82) is 0 Å². The van der Waals surface area contributed by atoms with Crippen LogP contribution in [0, 0.1) is 6.92 Å². The summed E-state index contributed by atoms with van der Waals surface area (Å²) < 4.78 is 39.8. The third-order valence-corrected chi connectivity index (χ3v) is 5.90. The molecule has 1 amide bonds. The van der Waals surface area contributed by atoms with Crippen LogP contribution >= 0.6 is 0 Å². The summed E-state index contributed by atoms with van der Waals surface area (Å²) in [7, 11) is 1.72. The highest BCUT2D eigenvalue weighted by Crippen LogP contribution is 2.38. The average Bonchev–Trinajstić information content (AvgIpc) is 3.64. The van der Waals surface area contributed by atoms with Crippen LogP contribution in [0.4, 0.5) is 18.9 Å². The van der Waals surface area contributed by atoms with E-state index in [2.05, 4.69) is 9.97 Å². The Labute approximate surface area is 190 Å². The Morgan fingerprint density at radius 3 is 2.42 bits per heavy atom. The number of rotatable bonds is 7. The maximum atomic E-state index is 13.8. The molecule has 1 atom stereocenters. The lowest BCUT2D eigenvalue weighted by Crippen LogP contribution is -2.42. The molecule has 33 heavy (non-hydrogen) atoms. The second kappa shape index (κ2) is 9.31. The zero-order valence-electron chi connectivity index (χ0n) is 18.5. The molecular formula is C25H25F3N4O. The van der Waals surface area contributed by atoms with Crippen LogP contribution in [0.5, 0.6) is 0 Å². The molecule has 0 aliphatic heterocycles. The molecule has 4 rings (SSSR count). The number of para-hydroxylation sites is 1. The predicted octanol–water partition coefficient (Wildman–Crippen LogP) is 5.17. The van der Waals surface area contributed by atoms with E-state index >= 15 is 0 Å². The number of hydrogen-bond acceptors (Lipinski definition) is 4. The van der Waals surface area contributed by atoms with Gasteiger partial charge in [-0.05, 0) is 43.0 Å². The average molecular weight is 454 g/mol. The zero-order valence-corrected chi connectivity index (χ0v) is 18.5. The van der Waals surface area contributed by atoms with Gasteiger partial charge in [-0.1, -0.05) is 36.4 Å². The van der Waals surface area contributed by atoms with Crippen molar-refractivity contribution in [2.24, 2.45) is 0 Å². The van der Waals surface area contributed by atoms with Gasteiger partial charge in [-0.15, -0.1) is 0 Å². The molecule has 0 spiro atoms. The van der Waals surface area contributed by atoms with Crippen molar-refractivity contribution in [3.63, 3.8) is 0 Å². The number of anilines is 1. The Morgan fingerprint density at radius 2 is 1.79 bits per heavy atom. The van der Waals surface area contributed by atoms with Gasteiger partial charge in [-0.25, -0.2) is 9.97 Å². The molecule has 1 aliphatic rings. The van der Waals surface area contributed by atoms with Crippen molar-refractivity contribution >= 4 is 11.6 Å². The quantitative estimate of drug-likeness (QED) is 0.494. The van der Waals surface area contributed by atoms with Crippen LogP contribution in [0.3, 0.4) is 0 Å². The molecule has 0 bridgehead atoms. The Balaban J connectivity index is 1.71. The number of likely N-dealkylation sites (N-methyl/N-ethyl adjacent to an activating group) is 1. The number of benzene rings is 2. The molecule has 5 nitrogen and oxygen atoms in total. The standard InChI is InChI=1S/C25H25F3N4O/c1-17-6-3-4-9-22(17)31(2)24(33)23(19-13-29-16-30-14-19)32(21-10-11-21)15-18-7-5-8-20(12-18)25(26,27)28/h3-9,12-14,16,21,23H,10-11,15H2,1-2H3. The predicted molar refractivity (Wildman–Crippen MR) is 119 cm³/mol. The van der Waals surface area contributed by atoms with Crippen molar-refractivity contribution < 1.29 is 18.0 Å². The number of aromatic nitrogens is 2. The Kier molecular flexibility index (Phi) is 6.47. The lowest BCUT2D eigenvalue weighted by molar-refractivity contribution is -0.137. The molecule has 2 aromatic carbocycles. The number of alkyl halides is 3. The van der Waals surface area contributed by atoms with Gasteiger partial charge >= 0.3 is 6.18 Å². The van der Waals surface area contributed by atoms with E-state index in [0.717, 1.165) is 36.2 Å². The van der Waals surface area contributed by atoms with E-state index in [-0.39, 0.29) is 18.5 Å². The molecule has 0 N–H and O–H groups in total. The monoisotopic (exact) mass is 454 g/mol. The van der Waals surface area contributed by atoms with E-state index in [1.165, 1.54) is 12.4 Å². The van der Waals surface area contributed by atoms with Crippen LogP contribution in [0.15, 0.2) is 67.3 Å². The van der Waals surface area contributed by atoms with Crippen LogP contribution in [0.1, 0.15) is 41.1 Å². The summed E-state index contributed by atoms with van der Waals surface area (Å²) in [5.41, 5.74) is 2.15. The summed E-state index contributed by atoms with van der Waals surface area (Å²) >= 11 is 0. The van der Waals surface area contributed by atoms with Crippen LogP contribution in [-0.4, -0.2) is 33.9 Å². The lowest BCUT2D eigenvalue weighted by atomic mass is 10.0. The fraction of sp³-hybridized carbons (Fsp3) is 0.320. The van der Waals surface area contributed by atoms with Gasteiger partial charge in [-0.2, -0.15) is 13.2 Å². The summed E-state index contributed by atoms with van der Waals surface area (Å²) in [6, 6.07) is 12.2. The van der Waals surface area contributed by atoms with Gasteiger partial charge in [0.15, 0.2) is 0 Å². The Morgan fingerprint density at radius 1 is 1.09 bits per heavy atom. The maximum Gasteiger partial charge on any atom is 0.416 e. The molecule has 1 heterocycles. The van der Waals surface area contributed by atoms with Crippen LogP contribution in [-0.2, 0) is 17.5 Å². The van der Waals surface area contributed by atoms with E-state index in [1.807, 2.05) is 36.1 Å². The molecule has 3 aromatic rings. The minimum absolute atomic E-state index is 0.0963. The second-order valence-electron chi connectivity index (χ2n) is 8.36. The first-order chi connectivity index (χ1) is 15.8. The molecule has 1 saturated carbocycles. The SMILES string of the molecule is Cc1ccccc1N(C)C(=O)C(c1cncnc1)N(Cc1cccc(C(F)(F)F)c1)C1CC1. The molecule has 1 aromatic heterocycles.